The predicted molar refractivity (Wildman–Crippen MR) is 63.5 cm³/mol. The van der Waals surface area contributed by atoms with Gasteiger partial charge in [-0.15, -0.1) is 0 Å². The lowest BCUT2D eigenvalue weighted by Crippen LogP contribution is -2.29. The van der Waals surface area contributed by atoms with Gasteiger partial charge in [0.15, 0.2) is 11.6 Å². The third kappa shape index (κ3) is 3.48. The lowest BCUT2D eigenvalue weighted by Gasteiger charge is -2.17. The zero-order chi connectivity index (χ0) is 12.3. The van der Waals surface area contributed by atoms with Crippen LogP contribution in [0.1, 0.15) is 30.9 Å². The Morgan fingerprint density at radius 3 is 2.65 bits per heavy atom. The van der Waals surface area contributed by atoms with E-state index >= 15 is 0 Å². The van der Waals surface area contributed by atoms with Crippen molar-refractivity contribution in [2.45, 2.75) is 25.3 Å². The average Bonchev–Trinajstić information content (AvgIpc) is 3.12. The van der Waals surface area contributed by atoms with E-state index in [0.717, 1.165) is 24.9 Å². The summed E-state index contributed by atoms with van der Waals surface area (Å²) in [7, 11) is 0. The number of nitrogens with two attached hydrogens (primary N) is 1. The van der Waals surface area contributed by atoms with Gasteiger partial charge >= 0.3 is 0 Å². The quantitative estimate of drug-likeness (QED) is 0.801. The highest BCUT2D eigenvalue weighted by atomic mass is 19.2. The highest BCUT2D eigenvalue weighted by Crippen LogP contribution is 2.31. The molecule has 2 nitrogen and oxygen atoms in total. The Kier molecular flexibility index (Phi) is 4.07. The molecule has 0 bridgehead atoms. The van der Waals surface area contributed by atoms with Gasteiger partial charge in [0.25, 0.3) is 0 Å². The number of hydrogen-bond donors (Lipinski definition) is 2. The van der Waals surface area contributed by atoms with E-state index in [2.05, 4.69) is 5.32 Å². The fourth-order valence-electron chi connectivity index (χ4n) is 1.93. The van der Waals surface area contributed by atoms with Crippen LogP contribution in [0.3, 0.4) is 0 Å². The van der Waals surface area contributed by atoms with Gasteiger partial charge in [0.2, 0.25) is 0 Å². The second-order valence-electron chi connectivity index (χ2n) is 4.65. The summed E-state index contributed by atoms with van der Waals surface area (Å²) in [6.07, 6.45) is 3.78. The topological polar surface area (TPSA) is 38.0 Å². The summed E-state index contributed by atoms with van der Waals surface area (Å²) in [4.78, 5) is 0. The molecule has 0 spiro atoms. The van der Waals surface area contributed by atoms with Crippen LogP contribution in [0.4, 0.5) is 8.78 Å². The Morgan fingerprint density at radius 2 is 2.06 bits per heavy atom. The van der Waals surface area contributed by atoms with Crippen molar-refractivity contribution in [1.29, 1.82) is 0 Å². The van der Waals surface area contributed by atoms with Gasteiger partial charge in [-0.1, -0.05) is 18.9 Å². The van der Waals surface area contributed by atoms with E-state index in [1.807, 2.05) is 0 Å². The molecule has 1 unspecified atom stereocenters. The van der Waals surface area contributed by atoms with Crippen molar-refractivity contribution in [2.75, 3.05) is 13.1 Å². The number of rotatable bonds is 6. The van der Waals surface area contributed by atoms with Crippen LogP contribution in [-0.4, -0.2) is 13.1 Å². The summed E-state index contributed by atoms with van der Waals surface area (Å²) in [5.74, 6) is -0.779. The van der Waals surface area contributed by atoms with Crippen LogP contribution in [0, 0.1) is 17.6 Å². The maximum atomic E-state index is 13.1. The Bertz CT molecular complexity index is 378. The Labute approximate surface area is 100 Å². The number of nitrogens with one attached hydrogen (secondary N) is 1. The van der Waals surface area contributed by atoms with Gasteiger partial charge in [-0.05, 0) is 36.6 Å². The lowest BCUT2D eigenvalue weighted by atomic mass is 10.1. The summed E-state index contributed by atoms with van der Waals surface area (Å²) >= 11 is 0. The molecule has 0 amide bonds. The first-order valence-electron chi connectivity index (χ1n) is 6.09. The van der Waals surface area contributed by atoms with Crippen LogP contribution in [-0.2, 0) is 0 Å². The molecular formula is C13H18F2N2. The fourth-order valence-corrected chi connectivity index (χ4v) is 1.93. The van der Waals surface area contributed by atoms with Gasteiger partial charge in [0.1, 0.15) is 0 Å². The molecule has 1 fully saturated rings. The number of halogens is 2. The van der Waals surface area contributed by atoms with E-state index in [4.69, 9.17) is 5.73 Å². The molecule has 94 valence electrons. The Hall–Kier alpha value is -1.00. The number of benzene rings is 1. The third-order valence-corrected chi connectivity index (χ3v) is 3.22. The second kappa shape index (κ2) is 5.56. The van der Waals surface area contributed by atoms with Gasteiger partial charge in [-0.2, -0.15) is 0 Å². The molecule has 0 heterocycles. The highest BCUT2D eigenvalue weighted by molar-refractivity contribution is 5.21. The van der Waals surface area contributed by atoms with Crippen LogP contribution in [0.2, 0.25) is 0 Å². The van der Waals surface area contributed by atoms with Gasteiger partial charge in [-0.3, -0.25) is 0 Å². The van der Waals surface area contributed by atoms with Crippen LogP contribution in [0.5, 0.6) is 0 Å². The van der Waals surface area contributed by atoms with Crippen molar-refractivity contribution < 1.29 is 8.78 Å². The van der Waals surface area contributed by atoms with E-state index in [1.54, 1.807) is 6.07 Å². The molecule has 1 saturated carbocycles. The maximum Gasteiger partial charge on any atom is 0.159 e. The fraction of sp³-hybridized carbons (Fsp3) is 0.538. The van der Waals surface area contributed by atoms with Gasteiger partial charge in [0, 0.05) is 12.6 Å². The molecule has 17 heavy (non-hydrogen) atoms. The van der Waals surface area contributed by atoms with Crippen LogP contribution in [0.15, 0.2) is 18.2 Å². The molecule has 0 aromatic heterocycles. The van der Waals surface area contributed by atoms with Crippen molar-refractivity contribution in [3.05, 3.63) is 35.4 Å². The summed E-state index contributed by atoms with van der Waals surface area (Å²) in [6, 6.07) is 3.86. The smallest absolute Gasteiger partial charge is 0.159 e. The van der Waals surface area contributed by atoms with Crippen molar-refractivity contribution in [3.63, 3.8) is 0 Å². The first-order valence-corrected chi connectivity index (χ1v) is 6.09. The molecule has 1 aromatic carbocycles. The minimum absolute atomic E-state index is 0.0937. The molecule has 3 N–H and O–H groups in total. The Morgan fingerprint density at radius 1 is 1.29 bits per heavy atom. The molecule has 4 heteroatoms. The van der Waals surface area contributed by atoms with Gasteiger partial charge < -0.3 is 11.1 Å². The predicted octanol–water partition coefficient (Wildman–Crippen LogP) is 2.35. The van der Waals surface area contributed by atoms with Crippen molar-refractivity contribution in [2.24, 2.45) is 11.7 Å². The van der Waals surface area contributed by atoms with E-state index < -0.39 is 11.6 Å². The van der Waals surface area contributed by atoms with E-state index in [9.17, 15) is 8.78 Å². The van der Waals surface area contributed by atoms with Crippen LogP contribution < -0.4 is 11.1 Å². The van der Waals surface area contributed by atoms with E-state index in [1.165, 1.54) is 18.9 Å². The zero-order valence-corrected chi connectivity index (χ0v) is 9.76. The highest BCUT2D eigenvalue weighted by Gasteiger charge is 2.21. The zero-order valence-electron chi connectivity index (χ0n) is 9.76. The first kappa shape index (κ1) is 12.5. The standard InChI is InChI=1S/C13H18F2N2/c14-11-4-3-10(7-12(11)15)13(8-16)17-6-5-9-1-2-9/h3-4,7,9,13,17H,1-2,5-6,8,16H2. The molecule has 1 aliphatic carbocycles. The molecular weight excluding hydrogens is 222 g/mol. The SMILES string of the molecule is NCC(NCCC1CC1)c1ccc(F)c(F)c1. The summed E-state index contributed by atoms with van der Waals surface area (Å²) < 4.78 is 25.9. The van der Waals surface area contributed by atoms with Crippen molar-refractivity contribution in [3.8, 4) is 0 Å². The van der Waals surface area contributed by atoms with Crippen molar-refractivity contribution >= 4 is 0 Å². The Balaban J connectivity index is 1.92. The minimum Gasteiger partial charge on any atom is -0.329 e. The monoisotopic (exact) mass is 240 g/mol. The normalized spacial score (nSPS) is 17.1. The number of hydrogen-bond acceptors (Lipinski definition) is 2. The molecule has 2 rings (SSSR count). The first-order chi connectivity index (χ1) is 8.20. The summed E-state index contributed by atoms with van der Waals surface area (Å²) in [5, 5.41) is 3.29. The largest absolute Gasteiger partial charge is 0.329 e. The molecule has 0 saturated heterocycles. The molecule has 1 aromatic rings. The molecule has 1 aliphatic rings. The van der Waals surface area contributed by atoms with Crippen LogP contribution >= 0.6 is 0 Å². The molecule has 0 radical (unpaired) electrons. The van der Waals surface area contributed by atoms with E-state index in [0.29, 0.717) is 12.1 Å². The lowest BCUT2D eigenvalue weighted by molar-refractivity contribution is 0.490. The minimum atomic E-state index is -0.817. The third-order valence-electron chi connectivity index (χ3n) is 3.22. The maximum absolute atomic E-state index is 13.1. The average molecular weight is 240 g/mol. The van der Waals surface area contributed by atoms with Gasteiger partial charge in [-0.25, -0.2) is 8.78 Å². The van der Waals surface area contributed by atoms with Crippen LogP contribution in [0.25, 0.3) is 0 Å². The summed E-state index contributed by atoms with van der Waals surface area (Å²) in [5.41, 5.74) is 6.36. The van der Waals surface area contributed by atoms with Gasteiger partial charge in [0.05, 0.1) is 0 Å². The summed E-state index contributed by atoms with van der Waals surface area (Å²) in [6.45, 7) is 1.27. The molecule has 1 atom stereocenters. The van der Waals surface area contributed by atoms with E-state index in [-0.39, 0.29) is 6.04 Å². The molecule has 0 aliphatic heterocycles. The second-order valence-corrected chi connectivity index (χ2v) is 4.65. The van der Waals surface area contributed by atoms with Crippen molar-refractivity contribution in [1.82, 2.24) is 5.32 Å².